The lowest BCUT2D eigenvalue weighted by Crippen LogP contribution is -2.25. The molecule has 1 aromatic rings. The molecule has 0 saturated heterocycles. The van der Waals surface area contributed by atoms with Crippen molar-refractivity contribution < 1.29 is 8.42 Å². The van der Waals surface area contributed by atoms with E-state index >= 15 is 0 Å². The standard InChI is InChI=1S/C6H6ClN3O2S/c1-10-6-4(9-13(10,11)12)2-3-5(7)8-6/h2-3,9H,1H3. The molecular weight excluding hydrogens is 214 g/mol. The van der Waals surface area contributed by atoms with Crippen molar-refractivity contribution in [2.24, 2.45) is 0 Å². The van der Waals surface area contributed by atoms with Gasteiger partial charge in [0.15, 0.2) is 5.82 Å². The molecule has 0 amide bonds. The van der Waals surface area contributed by atoms with Crippen molar-refractivity contribution in [1.82, 2.24) is 4.98 Å². The molecule has 0 bridgehead atoms. The molecule has 0 unspecified atom stereocenters. The van der Waals surface area contributed by atoms with Gasteiger partial charge in [0.2, 0.25) is 0 Å². The van der Waals surface area contributed by atoms with Gasteiger partial charge in [0, 0.05) is 7.05 Å². The van der Waals surface area contributed by atoms with Crippen LogP contribution < -0.4 is 9.03 Å². The summed E-state index contributed by atoms with van der Waals surface area (Å²) in [6.07, 6.45) is 0. The molecule has 1 N–H and O–H groups in total. The fourth-order valence-electron chi connectivity index (χ4n) is 1.07. The van der Waals surface area contributed by atoms with Gasteiger partial charge < -0.3 is 0 Å². The minimum Gasteiger partial charge on any atom is -0.263 e. The van der Waals surface area contributed by atoms with Crippen molar-refractivity contribution in [2.45, 2.75) is 0 Å². The third-order valence-corrected chi connectivity index (χ3v) is 3.32. The first-order valence-electron chi connectivity index (χ1n) is 3.44. The van der Waals surface area contributed by atoms with Crippen LogP contribution in [0, 0.1) is 0 Å². The highest BCUT2D eigenvalue weighted by Gasteiger charge is 2.30. The van der Waals surface area contributed by atoms with E-state index < -0.39 is 10.2 Å². The Bertz CT molecular complexity index is 459. The smallest absolute Gasteiger partial charge is 0.263 e. The van der Waals surface area contributed by atoms with Crippen LogP contribution in [0.15, 0.2) is 12.1 Å². The van der Waals surface area contributed by atoms with Crippen molar-refractivity contribution >= 4 is 33.3 Å². The van der Waals surface area contributed by atoms with Gasteiger partial charge in [-0.05, 0) is 12.1 Å². The van der Waals surface area contributed by atoms with E-state index in [0.29, 0.717) is 11.5 Å². The Balaban J connectivity index is 2.64. The average molecular weight is 220 g/mol. The minimum absolute atomic E-state index is 0.268. The number of nitrogens with one attached hydrogen (secondary N) is 1. The van der Waals surface area contributed by atoms with Gasteiger partial charge >= 0.3 is 10.2 Å². The van der Waals surface area contributed by atoms with Crippen molar-refractivity contribution in [3.05, 3.63) is 17.3 Å². The lowest BCUT2D eigenvalue weighted by molar-refractivity contribution is 0.601. The highest BCUT2D eigenvalue weighted by molar-refractivity contribution is 7.94. The van der Waals surface area contributed by atoms with Gasteiger partial charge in [-0.3, -0.25) is 4.72 Å². The molecule has 2 rings (SSSR count). The lowest BCUT2D eigenvalue weighted by atomic mass is 10.4. The van der Waals surface area contributed by atoms with Crippen LogP contribution in [0.2, 0.25) is 5.15 Å². The van der Waals surface area contributed by atoms with E-state index in [1.807, 2.05) is 0 Å². The van der Waals surface area contributed by atoms with Crippen LogP contribution in [0.5, 0.6) is 0 Å². The van der Waals surface area contributed by atoms with Gasteiger partial charge in [0.25, 0.3) is 0 Å². The maximum atomic E-state index is 11.3. The summed E-state index contributed by atoms with van der Waals surface area (Å²) in [6.45, 7) is 0. The SMILES string of the molecule is CN1c2nc(Cl)ccc2NS1(=O)=O. The second-order valence-electron chi connectivity index (χ2n) is 2.58. The predicted octanol–water partition coefficient (Wildman–Crippen LogP) is 0.841. The summed E-state index contributed by atoms with van der Waals surface area (Å²) in [5, 5.41) is 0.268. The second kappa shape index (κ2) is 2.49. The molecule has 0 spiro atoms. The first-order valence-corrected chi connectivity index (χ1v) is 5.26. The number of nitrogens with zero attached hydrogens (tertiary/aromatic N) is 2. The van der Waals surface area contributed by atoms with Crippen LogP contribution >= 0.6 is 11.6 Å². The molecule has 1 aliphatic heterocycles. The normalized spacial score (nSPS) is 18.2. The second-order valence-corrected chi connectivity index (χ2v) is 4.67. The van der Waals surface area contributed by atoms with E-state index in [1.54, 1.807) is 6.07 Å². The highest BCUT2D eigenvalue weighted by Crippen LogP contribution is 2.33. The zero-order valence-electron chi connectivity index (χ0n) is 6.65. The quantitative estimate of drug-likeness (QED) is 0.658. The fraction of sp³-hybridized carbons (Fsp3) is 0.167. The van der Waals surface area contributed by atoms with Crippen molar-refractivity contribution in [3.8, 4) is 0 Å². The Morgan fingerprint density at radius 1 is 1.54 bits per heavy atom. The monoisotopic (exact) mass is 219 g/mol. The number of halogens is 1. The van der Waals surface area contributed by atoms with E-state index in [-0.39, 0.29) is 5.15 Å². The Kier molecular flexibility index (Phi) is 1.64. The van der Waals surface area contributed by atoms with Gasteiger partial charge in [-0.25, -0.2) is 9.29 Å². The first kappa shape index (κ1) is 8.58. The Labute approximate surface area is 80.5 Å². The zero-order valence-corrected chi connectivity index (χ0v) is 8.22. The molecule has 13 heavy (non-hydrogen) atoms. The summed E-state index contributed by atoms with van der Waals surface area (Å²) in [7, 11) is -2.02. The number of hydrogen-bond acceptors (Lipinski definition) is 3. The Hall–Kier alpha value is -1.01. The molecule has 0 fully saturated rings. The number of pyridine rings is 1. The highest BCUT2D eigenvalue weighted by atomic mass is 35.5. The van der Waals surface area contributed by atoms with Gasteiger partial charge in [-0.1, -0.05) is 11.6 Å². The van der Waals surface area contributed by atoms with E-state index in [4.69, 9.17) is 11.6 Å². The van der Waals surface area contributed by atoms with Crippen LogP contribution in [-0.4, -0.2) is 20.4 Å². The maximum absolute atomic E-state index is 11.3. The van der Waals surface area contributed by atoms with Crippen molar-refractivity contribution in [2.75, 3.05) is 16.1 Å². The van der Waals surface area contributed by atoms with Crippen molar-refractivity contribution in [3.63, 3.8) is 0 Å². The lowest BCUT2D eigenvalue weighted by Gasteiger charge is -2.07. The number of anilines is 2. The van der Waals surface area contributed by atoms with Gasteiger partial charge in [-0.2, -0.15) is 8.42 Å². The Morgan fingerprint density at radius 2 is 2.23 bits per heavy atom. The summed E-state index contributed by atoms with van der Waals surface area (Å²) in [5.41, 5.74) is 0.451. The van der Waals surface area contributed by atoms with Gasteiger partial charge in [-0.15, -0.1) is 0 Å². The number of rotatable bonds is 0. The average Bonchev–Trinajstić information content (AvgIpc) is 2.26. The molecule has 70 valence electrons. The van der Waals surface area contributed by atoms with Crippen molar-refractivity contribution in [1.29, 1.82) is 0 Å². The molecule has 2 heterocycles. The van der Waals surface area contributed by atoms with Crippen LogP contribution in [0.4, 0.5) is 11.5 Å². The maximum Gasteiger partial charge on any atom is 0.325 e. The summed E-state index contributed by atoms with van der Waals surface area (Å²) >= 11 is 5.62. The summed E-state index contributed by atoms with van der Waals surface area (Å²) in [5.74, 6) is 0.326. The molecule has 0 atom stereocenters. The molecule has 0 saturated carbocycles. The topological polar surface area (TPSA) is 62.3 Å². The summed E-state index contributed by atoms with van der Waals surface area (Å²) in [6, 6.07) is 3.10. The van der Waals surface area contributed by atoms with E-state index in [0.717, 1.165) is 4.31 Å². The Morgan fingerprint density at radius 3 is 2.92 bits per heavy atom. The van der Waals surface area contributed by atoms with Crippen LogP contribution in [0.3, 0.4) is 0 Å². The van der Waals surface area contributed by atoms with Crippen LogP contribution in [-0.2, 0) is 10.2 Å². The van der Waals surface area contributed by atoms with Gasteiger partial charge in [0.05, 0.1) is 5.69 Å². The molecule has 1 aliphatic rings. The molecule has 0 radical (unpaired) electrons. The number of aromatic nitrogens is 1. The summed E-state index contributed by atoms with van der Waals surface area (Å²) in [4.78, 5) is 3.88. The molecule has 7 heteroatoms. The third-order valence-electron chi connectivity index (χ3n) is 1.74. The van der Waals surface area contributed by atoms with Gasteiger partial charge in [0.1, 0.15) is 5.15 Å². The largest absolute Gasteiger partial charge is 0.325 e. The van der Waals surface area contributed by atoms with Crippen LogP contribution in [0.25, 0.3) is 0 Å². The van der Waals surface area contributed by atoms with E-state index in [9.17, 15) is 8.42 Å². The molecular formula is C6H6ClN3O2S. The minimum atomic E-state index is -3.44. The fourth-order valence-corrected chi connectivity index (χ4v) is 2.15. The van der Waals surface area contributed by atoms with E-state index in [1.165, 1.54) is 13.1 Å². The van der Waals surface area contributed by atoms with E-state index in [2.05, 4.69) is 9.71 Å². The summed E-state index contributed by atoms with van der Waals surface area (Å²) < 4.78 is 25.9. The number of hydrogen-bond donors (Lipinski definition) is 1. The zero-order chi connectivity index (χ0) is 9.64. The first-order chi connectivity index (χ1) is 6.00. The van der Waals surface area contributed by atoms with Crippen LogP contribution in [0.1, 0.15) is 0 Å². The molecule has 0 aromatic carbocycles. The molecule has 0 aliphatic carbocycles. The third kappa shape index (κ3) is 1.22. The predicted molar refractivity (Wildman–Crippen MR) is 50.2 cm³/mol. The number of fused-ring (bicyclic) bond motifs is 1. The molecule has 5 nitrogen and oxygen atoms in total. The molecule has 1 aromatic heterocycles.